The summed E-state index contributed by atoms with van der Waals surface area (Å²) in [6.07, 6.45) is -2.53. The SMILES string of the molecule is C[C@H](c1ccc(Cl)cc1)C(Cc1nc2cccnc2n1Cc1ccc(C(F)(F)F)cc1)C(N)=O. The smallest absolute Gasteiger partial charge is 0.369 e. The van der Waals surface area contributed by atoms with Crippen LogP contribution < -0.4 is 5.73 Å². The number of nitrogens with two attached hydrogens (primary N) is 1. The number of aromatic nitrogens is 3. The van der Waals surface area contributed by atoms with E-state index in [4.69, 9.17) is 17.3 Å². The van der Waals surface area contributed by atoms with Crippen molar-refractivity contribution >= 4 is 28.7 Å². The molecule has 0 bridgehead atoms. The van der Waals surface area contributed by atoms with Gasteiger partial charge in [0.25, 0.3) is 0 Å². The number of amides is 1. The molecule has 2 heterocycles. The largest absolute Gasteiger partial charge is 0.416 e. The molecule has 0 aliphatic carbocycles. The molecule has 0 aliphatic heterocycles. The van der Waals surface area contributed by atoms with Crippen LogP contribution in [0.25, 0.3) is 11.2 Å². The number of halogens is 4. The number of hydrogen-bond donors (Lipinski definition) is 1. The van der Waals surface area contributed by atoms with Crippen LogP contribution in [0.4, 0.5) is 13.2 Å². The van der Waals surface area contributed by atoms with Crippen LogP contribution in [-0.2, 0) is 23.9 Å². The van der Waals surface area contributed by atoms with Gasteiger partial charge in [-0.25, -0.2) is 9.97 Å². The van der Waals surface area contributed by atoms with Crippen molar-refractivity contribution in [1.82, 2.24) is 14.5 Å². The Morgan fingerprint density at radius 1 is 1.09 bits per heavy atom. The number of imidazole rings is 1. The molecule has 176 valence electrons. The number of hydrogen-bond acceptors (Lipinski definition) is 3. The van der Waals surface area contributed by atoms with Gasteiger partial charge in [-0.1, -0.05) is 42.8 Å². The maximum atomic E-state index is 12.9. The fourth-order valence-corrected chi connectivity index (χ4v) is 4.15. The predicted molar refractivity (Wildman–Crippen MR) is 124 cm³/mol. The van der Waals surface area contributed by atoms with Gasteiger partial charge in [-0.15, -0.1) is 0 Å². The number of benzene rings is 2. The fraction of sp³-hybridized carbons (Fsp3) is 0.240. The molecule has 0 aliphatic rings. The van der Waals surface area contributed by atoms with E-state index in [-0.39, 0.29) is 18.9 Å². The number of fused-ring (bicyclic) bond motifs is 1. The zero-order valence-corrected chi connectivity index (χ0v) is 19.0. The molecule has 2 aromatic carbocycles. The average Bonchev–Trinajstić information content (AvgIpc) is 3.14. The zero-order valence-electron chi connectivity index (χ0n) is 18.3. The van der Waals surface area contributed by atoms with Crippen molar-refractivity contribution in [2.75, 3.05) is 0 Å². The molecule has 0 fully saturated rings. The van der Waals surface area contributed by atoms with Crippen LogP contribution in [0.1, 0.15) is 35.4 Å². The van der Waals surface area contributed by atoms with E-state index in [1.807, 2.05) is 23.6 Å². The minimum Gasteiger partial charge on any atom is -0.369 e. The highest BCUT2D eigenvalue weighted by Crippen LogP contribution is 2.31. The lowest BCUT2D eigenvalue weighted by Crippen LogP contribution is -2.30. The normalized spacial score (nSPS) is 13.7. The molecule has 34 heavy (non-hydrogen) atoms. The molecule has 2 aromatic heterocycles. The van der Waals surface area contributed by atoms with Crippen molar-refractivity contribution in [3.8, 4) is 0 Å². The average molecular weight is 487 g/mol. The molecule has 2 N–H and O–H groups in total. The van der Waals surface area contributed by atoms with Crippen molar-refractivity contribution in [3.63, 3.8) is 0 Å². The molecular formula is C25H22ClF3N4O. The number of nitrogens with zero attached hydrogens (tertiary/aromatic N) is 3. The molecular weight excluding hydrogens is 465 g/mol. The van der Waals surface area contributed by atoms with Crippen molar-refractivity contribution in [2.45, 2.75) is 32.0 Å². The van der Waals surface area contributed by atoms with Crippen LogP contribution >= 0.6 is 11.6 Å². The number of alkyl halides is 3. The minimum atomic E-state index is -4.40. The first-order valence-corrected chi connectivity index (χ1v) is 11.0. The second kappa shape index (κ2) is 9.46. The van der Waals surface area contributed by atoms with Gasteiger partial charge in [0.15, 0.2) is 5.65 Å². The van der Waals surface area contributed by atoms with Crippen molar-refractivity contribution < 1.29 is 18.0 Å². The lowest BCUT2D eigenvalue weighted by atomic mass is 9.84. The Balaban J connectivity index is 1.68. The molecule has 1 amide bonds. The standard InChI is InChI=1S/C25H22ClF3N4O/c1-15(17-6-10-19(26)11-7-17)20(23(30)34)13-22-32-21-3-2-12-31-24(21)33(22)14-16-4-8-18(9-5-16)25(27,28)29/h2-12,15,20H,13-14H2,1H3,(H2,30,34)/t15-,20?/m1/s1. The van der Waals surface area contributed by atoms with Gasteiger partial charge < -0.3 is 10.3 Å². The topological polar surface area (TPSA) is 73.8 Å². The van der Waals surface area contributed by atoms with Crippen LogP contribution in [0.3, 0.4) is 0 Å². The number of carbonyl (C=O) groups is 1. The third-order valence-electron chi connectivity index (χ3n) is 5.97. The van der Waals surface area contributed by atoms with Crippen LogP contribution in [0.2, 0.25) is 5.02 Å². The van der Waals surface area contributed by atoms with E-state index in [1.54, 1.807) is 30.5 Å². The summed E-state index contributed by atoms with van der Waals surface area (Å²) in [7, 11) is 0. The lowest BCUT2D eigenvalue weighted by molar-refractivity contribution is -0.137. The summed E-state index contributed by atoms with van der Waals surface area (Å²) in [4.78, 5) is 21.5. The first-order valence-electron chi connectivity index (χ1n) is 10.6. The molecule has 4 aromatic rings. The summed E-state index contributed by atoms with van der Waals surface area (Å²) < 4.78 is 40.7. The van der Waals surface area contributed by atoms with Gasteiger partial charge in [-0.2, -0.15) is 13.2 Å². The summed E-state index contributed by atoms with van der Waals surface area (Å²) in [6, 6.07) is 15.8. The Labute approximate surface area is 199 Å². The Morgan fingerprint density at radius 3 is 2.38 bits per heavy atom. The second-order valence-electron chi connectivity index (χ2n) is 8.21. The van der Waals surface area contributed by atoms with E-state index in [1.165, 1.54) is 12.1 Å². The monoisotopic (exact) mass is 486 g/mol. The third-order valence-corrected chi connectivity index (χ3v) is 6.22. The number of carbonyl (C=O) groups excluding carboxylic acids is 1. The second-order valence-corrected chi connectivity index (χ2v) is 8.64. The van der Waals surface area contributed by atoms with Gasteiger partial charge in [0.2, 0.25) is 5.91 Å². The highest BCUT2D eigenvalue weighted by atomic mass is 35.5. The number of pyridine rings is 1. The molecule has 0 spiro atoms. The van der Waals surface area contributed by atoms with Gasteiger partial charge in [-0.05, 0) is 53.4 Å². The highest BCUT2D eigenvalue weighted by molar-refractivity contribution is 6.30. The van der Waals surface area contributed by atoms with Crippen LogP contribution in [0.15, 0.2) is 66.9 Å². The number of rotatable bonds is 7. The Hall–Kier alpha value is -3.39. The predicted octanol–water partition coefficient (Wildman–Crippen LogP) is 5.60. The highest BCUT2D eigenvalue weighted by Gasteiger charge is 2.30. The van der Waals surface area contributed by atoms with E-state index in [0.717, 1.165) is 17.7 Å². The molecule has 4 rings (SSSR count). The molecule has 1 unspecified atom stereocenters. The van der Waals surface area contributed by atoms with Gasteiger partial charge in [0, 0.05) is 17.6 Å². The summed E-state index contributed by atoms with van der Waals surface area (Å²) in [5, 5.41) is 0.594. The van der Waals surface area contributed by atoms with E-state index >= 15 is 0 Å². The molecule has 2 atom stereocenters. The number of primary amides is 1. The van der Waals surface area contributed by atoms with E-state index in [2.05, 4.69) is 9.97 Å². The molecule has 0 saturated heterocycles. The van der Waals surface area contributed by atoms with Gasteiger partial charge in [0.05, 0.1) is 18.0 Å². The van der Waals surface area contributed by atoms with E-state index < -0.39 is 23.6 Å². The first-order chi connectivity index (χ1) is 16.1. The molecule has 5 nitrogen and oxygen atoms in total. The van der Waals surface area contributed by atoms with Gasteiger partial charge >= 0.3 is 6.18 Å². The lowest BCUT2D eigenvalue weighted by Gasteiger charge is -2.22. The summed E-state index contributed by atoms with van der Waals surface area (Å²) in [5.41, 5.74) is 7.85. The minimum absolute atomic E-state index is 0.206. The maximum absolute atomic E-state index is 12.9. The van der Waals surface area contributed by atoms with Crippen LogP contribution in [-0.4, -0.2) is 20.4 Å². The van der Waals surface area contributed by atoms with Gasteiger partial charge in [0.1, 0.15) is 11.3 Å². The van der Waals surface area contributed by atoms with E-state index in [9.17, 15) is 18.0 Å². The van der Waals surface area contributed by atoms with Crippen LogP contribution in [0, 0.1) is 5.92 Å². The molecule has 9 heteroatoms. The summed E-state index contributed by atoms with van der Waals surface area (Å²) >= 11 is 5.99. The quantitative estimate of drug-likeness (QED) is 0.369. The van der Waals surface area contributed by atoms with Crippen LogP contribution in [0.5, 0.6) is 0 Å². The fourth-order valence-electron chi connectivity index (χ4n) is 4.03. The first kappa shape index (κ1) is 23.8. The van der Waals surface area contributed by atoms with Crippen molar-refractivity contribution in [3.05, 3.63) is 94.4 Å². The van der Waals surface area contributed by atoms with E-state index in [0.29, 0.717) is 27.6 Å². The van der Waals surface area contributed by atoms with Crippen molar-refractivity contribution in [1.29, 1.82) is 0 Å². The Kier molecular flexibility index (Phi) is 6.61. The van der Waals surface area contributed by atoms with Crippen molar-refractivity contribution in [2.24, 2.45) is 11.7 Å². The maximum Gasteiger partial charge on any atom is 0.416 e. The Morgan fingerprint density at radius 2 is 1.76 bits per heavy atom. The van der Waals surface area contributed by atoms with Gasteiger partial charge in [-0.3, -0.25) is 4.79 Å². The zero-order chi connectivity index (χ0) is 24.5. The Bertz CT molecular complexity index is 1300. The molecule has 0 saturated carbocycles. The molecule has 0 radical (unpaired) electrons. The third kappa shape index (κ3) is 5.07. The summed E-state index contributed by atoms with van der Waals surface area (Å²) in [5.74, 6) is -0.659. The summed E-state index contributed by atoms with van der Waals surface area (Å²) in [6.45, 7) is 2.17.